The summed E-state index contributed by atoms with van der Waals surface area (Å²) in [5, 5.41) is 2.63. The molecule has 1 atom stereocenters. The molecule has 2 amide bonds. The molecule has 132 valence electrons. The number of amides is 2. The van der Waals surface area contributed by atoms with Crippen LogP contribution in [0.4, 0.5) is 0 Å². The van der Waals surface area contributed by atoms with E-state index in [2.05, 4.69) is 21.2 Å². The Morgan fingerprint density at radius 2 is 1.60 bits per heavy atom. The molecule has 2 aromatic rings. The van der Waals surface area contributed by atoms with E-state index in [1.807, 2.05) is 55.5 Å². The highest BCUT2D eigenvalue weighted by molar-refractivity contribution is 9.10. The number of carbonyl (C=O) groups is 2. The minimum atomic E-state index is -0.536. The van der Waals surface area contributed by atoms with Crippen molar-refractivity contribution in [2.75, 3.05) is 7.05 Å². The van der Waals surface area contributed by atoms with Gasteiger partial charge in [-0.3, -0.25) is 9.59 Å². The Kier molecular flexibility index (Phi) is 6.76. The summed E-state index contributed by atoms with van der Waals surface area (Å²) >= 11 is 3.41. The number of hydrogen-bond acceptors (Lipinski definition) is 2. The van der Waals surface area contributed by atoms with Gasteiger partial charge in [-0.25, -0.2) is 0 Å². The van der Waals surface area contributed by atoms with Crippen LogP contribution in [0.3, 0.4) is 0 Å². The Morgan fingerprint density at radius 3 is 2.16 bits per heavy atom. The second kappa shape index (κ2) is 8.81. The molecule has 0 fully saturated rings. The van der Waals surface area contributed by atoms with E-state index in [1.54, 1.807) is 18.9 Å². The lowest BCUT2D eigenvalue weighted by atomic mass is 10.1. The van der Waals surface area contributed by atoms with Crippen molar-refractivity contribution < 1.29 is 9.59 Å². The first-order valence-corrected chi connectivity index (χ1v) is 9.01. The maximum absolute atomic E-state index is 12.9. The molecule has 25 heavy (non-hydrogen) atoms. The van der Waals surface area contributed by atoms with Gasteiger partial charge in [0.1, 0.15) is 6.04 Å². The third kappa shape index (κ3) is 5.43. The molecule has 0 heterocycles. The zero-order valence-electron chi connectivity index (χ0n) is 14.8. The van der Waals surface area contributed by atoms with Crippen molar-refractivity contribution in [3.8, 4) is 0 Å². The first-order chi connectivity index (χ1) is 11.9. The maximum Gasteiger partial charge on any atom is 0.242 e. The Labute approximate surface area is 157 Å². The lowest BCUT2D eigenvalue weighted by molar-refractivity contribution is -0.139. The Balaban J connectivity index is 2.20. The van der Waals surface area contributed by atoms with Crippen molar-refractivity contribution in [1.29, 1.82) is 0 Å². The number of carbonyl (C=O) groups excluding carboxylic acids is 2. The number of hydrogen-bond donors (Lipinski definition) is 1. The van der Waals surface area contributed by atoms with E-state index in [4.69, 9.17) is 0 Å². The van der Waals surface area contributed by atoms with Crippen molar-refractivity contribution in [2.24, 2.45) is 0 Å². The van der Waals surface area contributed by atoms with Crippen LogP contribution in [0.25, 0.3) is 0 Å². The van der Waals surface area contributed by atoms with Crippen molar-refractivity contribution in [3.63, 3.8) is 0 Å². The molecule has 2 rings (SSSR count). The fraction of sp³-hybridized carbons (Fsp3) is 0.300. The van der Waals surface area contributed by atoms with E-state index in [0.717, 1.165) is 21.2 Å². The van der Waals surface area contributed by atoms with Crippen LogP contribution in [0.5, 0.6) is 0 Å². The first kappa shape index (κ1) is 19.2. The highest BCUT2D eigenvalue weighted by Gasteiger charge is 2.25. The monoisotopic (exact) mass is 402 g/mol. The van der Waals surface area contributed by atoms with Gasteiger partial charge in [0, 0.05) is 18.1 Å². The molecule has 0 aliphatic rings. The molecule has 0 aliphatic carbocycles. The lowest BCUT2D eigenvalue weighted by Crippen LogP contribution is -2.47. The van der Waals surface area contributed by atoms with E-state index in [9.17, 15) is 9.59 Å². The number of nitrogens with zero attached hydrogens (tertiary/aromatic N) is 1. The normalized spacial score (nSPS) is 11.7. The van der Waals surface area contributed by atoms with E-state index in [1.165, 1.54) is 0 Å². The molecule has 0 saturated carbocycles. The van der Waals surface area contributed by atoms with Crippen LogP contribution in [-0.2, 0) is 22.6 Å². The average molecular weight is 403 g/mol. The van der Waals surface area contributed by atoms with Crippen LogP contribution in [0.2, 0.25) is 0 Å². The van der Waals surface area contributed by atoms with Crippen LogP contribution in [0, 0.1) is 6.92 Å². The summed E-state index contributed by atoms with van der Waals surface area (Å²) in [7, 11) is 1.58. The van der Waals surface area contributed by atoms with E-state index < -0.39 is 6.04 Å². The van der Waals surface area contributed by atoms with Gasteiger partial charge in [0.15, 0.2) is 0 Å². The van der Waals surface area contributed by atoms with E-state index in [-0.39, 0.29) is 18.2 Å². The predicted octanol–water partition coefficient (Wildman–Crippen LogP) is 3.46. The van der Waals surface area contributed by atoms with Gasteiger partial charge < -0.3 is 10.2 Å². The van der Waals surface area contributed by atoms with E-state index >= 15 is 0 Å². The fourth-order valence-electron chi connectivity index (χ4n) is 2.56. The zero-order valence-corrected chi connectivity index (χ0v) is 16.3. The highest BCUT2D eigenvalue weighted by atomic mass is 79.9. The van der Waals surface area contributed by atoms with Crippen LogP contribution in [-0.4, -0.2) is 29.8 Å². The van der Waals surface area contributed by atoms with Gasteiger partial charge in [-0.05, 0) is 37.1 Å². The van der Waals surface area contributed by atoms with Crippen LogP contribution < -0.4 is 5.32 Å². The molecule has 5 heteroatoms. The quantitative estimate of drug-likeness (QED) is 0.803. The van der Waals surface area contributed by atoms with Crippen LogP contribution in [0.1, 0.15) is 23.6 Å². The summed E-state index contributed by atoms with van der Waals surface area (Å²) in [4.78, 5) is 26.6. The number of rotatable bonds is 6. The van der Waals surface area contributed by atoms with Crippen molar-refractivity contribution >= 4 is 27.7 Å². The summed E-state index contributed by atoms with van der Waals surface area (Å²) in [6.07, 6.45) is 0.276. The van der Waals surface area contributed by atoms with Gasteiger partial charge >= 0.3 is 0 Å². The van der Waals surface area contributed by atoms with Gasteiger partial charge in [-0.1, -0.05) is 57.9 Å². The van der Waals surface area contributed by atoms with E-state index in [0.29, 0.717) is 6.54 Å². The lowest BCUT2D eigenvalue weighted by Gasteiger charge is -2.28. The van der Waals surface area contributed by atoms with Gasteiger partial charge in [0.05, 0.1) is 6.42 Å². The molecule has 1 N–H and O–H groups in total. The standard InChI is InChI=1S/C20H23BrN2O2/c1-14-4-6-16(7-5-14)12-19(24)23(15(2)20(25)22-3)13-17-8-10-18(21)11-9-17/h4-11,15H,12-13H2,1-3H3,(H,22,25)/t15-/m1/s1. The Hall–Kier alpha value is -2.14. The number of nitrogens with one attached hydrogen (secondary N) is 1. The molecular weight excluding hydrogens is 380 g/mol. The van der Waals surface area contributed by atoms with Gasteiger partial charge in [0.25, 0.3) is 0 Å². The second-order valence-electron chi connectivity index (χ2n) is 6.10. The van der Waals surface area contributed by atoms with Crippen LogP contribution in [0.15, 0.2) is 53.0 Å². The molecule has 4 nitrogen and oxygen atoms in total. The van der Waals surface area contributed by atoms with Gasteiger partial charge in [-0.15, -0.1) is 0 Å². The molecule has 0 saturated heterocycles. The topological polar surface area (TPSA) is 49.4 Å². The average Bonchev–Trinajstić information content (AvgIpc) is 2.61. The third-order valence-electron chi connectivity index (χ3n) is 4.16. The fourth-order valence-corrected chi connectivity index (χ4v) is 2.82. The Morgan fingerprint density at radius 1 is 1.04 bits per heavy atom. The van der Waals surface area contributed by atoms with Gasteiger partial charge in [-0.2, -0.15) is 0 Å². The summed E-state index contributed by atoms with van der Waals surface area (Å²) in [5.74, 6) is -0.239. The molecular formula is C20H23BrN2O2. The van der Waals surface area contributed by atoms with Crippen LogP contribution >= 0.6 is 15.9 Å². The molecule has 0 radical (unpaired) electrons. The van der Waals surface area contributed by atoms with Crippen molar-refractivity contribution in [1.82, 2.24) is 10.2 Å². The summed E-state index contributed by atoms with van der Waals surface area (Å²) in [6, 6.07) is 15.1. The maximum atomic E-state index is 12.9. The summed E-state index contributed by atoms with van der Waals surface area (Å²) in [6.45, 7) is 4.16. The molecule has 2 aromatic carbocycles. The van der Waals surface area contributed by atoms with Gasteiger partial charge in [0.2, 0.25) is 11.8 Å². The highest BCUT2D eigenvalue weighted by Crippen LogP contribution is 2.15. The molecule has 0 bridgehead atoms. The molecule has 0 spiro atoms. The van der Waals surface area contributed by atoms with Crippen molar-refractivity contribution in [2.45, 2.75) is 32.9 Å². The minimum absolute atomic E-state index is 0.0668. The summed E-state index contributed by atoms with van der Waals surface area (Å²) < 4.78 is 0.980. The zero-order chi connectivity index (χ0) is 18.4. The van der Waals surface area contributed by atoms with Crippen molar-refractivity contribution in [3.05, 3.63) is 69.7 Å². The SMILES string of the molecule is CNC(=O)[C@@H](C)N(Cc1ccc(Br)cc1)C(=O)Cc1ccc(C)cc1. The second-order valence-corrected chi connectivity index (χ2v) is 7.02. The number of halogens is 1. The molecule has 0 aliphatic heterocycles. The molecule has 0 aromatic heterocycles. The minimum Gasteiger partial charge on any atom is -0.357 e. The number of benzene rings is 2. The summed E-state index contributed by atoms with van der Waals surface area (Å²) in [5.41, 5.74) is 3.08. The predicted molar refractivity (Wildman–Crippen MR) is 103 cm³/mol. The molecule has 0 unspecified atom stereocenters. The smallest absolute Gasteiger partial charge is 0.242 e. The Bertz CT molecular complexity index is 726. The largest absolute Gasteiger partial charge is 0.357 e. The number of aryl methyl sites for hydroxylation is 1. The first-order valence-electron chi connectivity index (χ1n) is 8.21. The number of likely N-dealkylation sites (N-methyl/N-ethyl adjacent to an activating group) is 1. The third-order valence-corrected chi connectivity index (χ3v) is 4.68.